The van der Waals surface area contributed by atoms with Gasteiger partial charge in [0, 0.05) is 82.7 Å². The number of imide groups is 4. The van der Waals surface area contributed by atoms with E-state index in [2.05, 4.69) is 78.4 Å². The molecule has 0 unspecified atom stereocenters. The quantitative estimate of drug-likeness (QED) is 0.0213. The fraction of sp³-hybridized carbons (Fsp3) is 0.182. The number of nitrogens with zero attached hydrogens (tertiary/aromatic N) is 9. The highest BCUT2D eigenvalue weighted by molar-refractivity contribution is 9.10. The SMILES string of the molecule is CCCNc1ccc2c(c1)CC(=O)N(c1ccc(NC(=O)NS(=O)(=O)c3ccc(Cl)s3)cn1)C2=O.CN(C)CCNc1ccc2c(c1)CC(=O)N(c1ccc(NC(=O)NS(=O)(=O)c3ccc(Cl)s3)cn1)C2=O.CNc1cc2c(cc1Br)C(=O)N(c1ccc(NC(=O)NS(=O)(=O)c3ccc(Cl)s3)cn1)C(=O)C2.O=C(Nc1ccc(N2C(=O)Cc3cc(NCC4CC4)ccc3C2=O)nc1)NS(=O)(=O)c1ccc(Cl)s1. The molecule has 41 nitrogen and oxygen atoms in total. The van der Waals surface area contributed by atoms with Gasteiger partial charge in [0.1, 0.15) is 40.1 Å². The van der Waals surface area contributed by atoms with Gasteiger partial charge in [-0.2, -0.15) is 0 Å². The Morgan fingerprint density at radius 2 is 0.662 bits per heavy atom. The number of hydrogen-bond acceptors (Lipinski definition) is 33. The van der Waals surface area contributed by atoms with Gasteiger partial charge in [0.05, 0.1) is 90.6 Å². The molecule has 0 saturated heterocycles. The zero-order valence-electron chi connectivity index (χ0n) is 74.1. The maximum atomic E-state index is 13.1. The summed E-state index contributed by atoms with van der Waals surface area (Å²) in [6, 6.07) is 37.2. The molecule has 1 saturated carbocycles. The summed E-state index contributed by atoms with van der Waals surface area (Å²) in [5, 5.41) is 22.2. The lowest BCUT2D eigenvalue weighted by atomic mass is 9.97. The van der Waals surface area contributed by atoms with Crippen molar-refractivity contribution in [3.63, 3.8) is 0 Å². The van der Waals surface area contributed by atoms with Crippen LogP contribution in [0.2, 0.25) is 17.3 Å². The molecule has 12 aromatic rings. The number of pyridine rings is 4. The first-order chi connectivity index (χ1) is 67.5. The van der Waals surface area contributed by atoms with Crippen LogP contribution in [0.3, 0.4) is 0 Å². The van der Waals surface area contributed by atoms with Gasteiger partial charge >= 0.3 is 24.1 Å². The fourth-order valence-corrected chi connectivity index (χ4v) is 24.0. The number of halogens is 5. The third kappa shape index (κ3) is 25.9. The summed E-state index contributed by atoms with van der Waals surface area (Å²) < 4.78 is 107. The first-order valence-electron chi connectivity index (χ1n) is 41.9. The number of anilines is 12. The van der Waals surface area contributed by atoms with Gasteiger partial charge in [-0.05, 0) is 241 Å². The third-order valence-corrected chi connectivity index (χ3v) is 33.6. The molecule has 1 fully saturated rings. The van der Waals surface area contributed by atoms with Crippen LogP contribution >= 0.6 is 108 Å². The van der Waals surface area contributed by atoms with Crippen molar-refractivity contribution in [2.45, 2.75) is 68.7 Å². The van der Waals surface area contributed by atoms with E-state index in [9.17, 15) is 91.2 Å². The highest BCUT2D eigenvalue weighted by atomic mass is 79.9. The van der Waals surface area contributed by atoms with Gasteiger partial charge in [0.15, 0.2) is 0 Å². The van der Waals surface area contributed by atoms with Gasteiger partial charge in [-0.1, -0.05) is 53.3 Å². The molecular weight excluding hydrogens is 2150 g/mol. The molecule has 8 aromatic heterocycles. The number of amides is 16. The van der Waals surface area contributed by atoms with Crippen LogP contribution in [0.25, 0.3) is 0 Å². The molecule has 0 atom stereocenters. The number of carbonyl (C=O) groups is 12. The number of rotatable bonds is 27. The predicted octanol–water partition coefficient (Wildman–Crippen LogP) is 14.6. The Morgan fingerprint density at radius 3 is 0.923 bits per heavy atom. The minimum absolute atomic E-state index is 0.0116. The molecule has 142 heavy (non-hydrogen) atoms. The van der Waals surface area contributed by atoms with E-state index in [1.807, 2.05) is 56.9 Å². The van der Waals surface area contributed by atoms with E-state index < -0.39 is 111 Å². The smallest absolute Gasteiger partial charge is 0.333 e. The normalized spacial score (nSPS) is 13.9. The minimum atomic E-state index is -4.09. The number of benzene rings is 4. The van der Waals surface area contributed by atoms with E-state index in [4.69, 9.17) is 46.4 Å². The number of thiophene rings is 4. The van der Waals surface area contributed by atoms with E-state index in [1.165, 1.54) is 135 Å². The van der Waals surface area contributed by atoms with Gasteiger partial charge in [-0.15, -0.1) is 45.3 Å². The lowest BCUT2D eigenvalue weighted by Crippen LogP contribution is -2.43. The van der Waals surface area contributed by atoms with Crippen LogP contribution in [-0.4, -0.2) is 177 Å². The Hall–Kier alpha value is -13.5. The number of hydrogen-bond donors (Lipinski definition) is 12. The Bertz CT molecular complexity index is 7510. The molecule has 1 aliphatic carbocycles. The largest absolute Gasteiger partial charge is 0.387 e. The monoisotopic (exact) mass is 2220 g/mol. The lowest BCUT2D eigenvalue weighted by Gasteiger charge is -2.26. The average Bonchev–Trinajstić information content (AvgIpc) is 0.999. The standard InChI is InChI=1S/C23H23ClN6O5S2.C23H20ClN5O5S2.C22H20ClN5O5S2.C20H15BrClN5O5S2/c1-29(2)10-9-25-15-3-5-17-14(11-15)12-20(31)30(22(17)32)19-7-4-16(13-26-19)27-23(33)28-37(34,35)21-8-6-18(24)36-21;24-18-6-8-21(35-18)36(33,34)28-23(32)27-16-4-7-19(26-12-16)29-20(30)10-14-9-15(25-11-13-1-2-13)3-5-17(14)22(29)31;1-2-9-24-14-3-5-16-13(10-14)11-19(29)28(21(16)30)18-7-4-15(12-25-18)26-22(31)27-35(32,33)20-8-6-17(23)34-20;1-23-14-6-10-7-17(28)27(19(29)12(10)8-13(14)21)16-4-2-11(9-24-16)25-20(30)26-34(31,32)18-5-3-15(22)33-18/h3-8,11,13,25H,9-10,12H2,1-2H3,(H2,27,28,33);3-9,12-13,25H,1-2,10-11H2,(H2,27,28,32);3-8,10,12,24H,2,9,11H2,1H3,(H2,26,27,31);2-6,8-9,23H,7H2,1H3,(H2,25,26,30). The van der Waals surface area contributed by atoms with E-state index in [-0.39, 0.29) is 106 Å². The number of likely N-dealkylation sites (N-methyl/N-ethyl adjacent to an activating group) is 1. The summed E-state index contributed by atoms with van der Waals surface area (Å²) in [6.07, 6.45) is 8.39. The van der Waals surface area contributed by atoms with Gasteiger partial charge in [-0.3, -0.25) is 38.4 Å². The maximum absolute atomic E-state index is 13.1. The highest BCUT2D eigenvalue weighted by Gasteiger charge is 2.39. The van der Waals surface area contributed by atoms with Crippen molar-refractivity contribution in [2.75, 3.05) is 109 Å². The zero-order valence-corrected chi connectivity index (χ0v) is 85.2. The van der Waals surface area contributed by atoms with Gasteiger partial charge < -0.3 is 47.4 Å². The van der Waals surface area contributed by atoms with E-state index in [1.54, 1.807) is 61.6 Å². The molecule has 17 rings (SSSR count). The Balaban J connectivity index is 0.000000150. The van der Waals surface area contributed by atoms with E-state index >= 15 is 0 Å². The van der Waals surface area contributed by atoms with Crippen LogP contribution in [0.5, 0.6) is 0 Å². The lowest BCUT2D eigenvalue weighted by molar-refractivity contribution is -0.118. The molecule has 54 heteroatoms. The van der Waals surface area contributed by atoms with Crippen molar-refractivity contribution in [3.8, 4) is 0 Å². The van der Waals surface area contributed by atoms with Crippen molar-refractivity contribution in [1.82, 2.24) is 43.7 Å². The van der Waals surface area contributed by atoms with Crippen molar-refractivity contribution in [1.29, 1.82) is 0 Å². The highest BCUT2D eigenvalue weighted by Crippen LogP contribution is 2.38. The van der Waals surface area contributed by atoms with Crippen LogP contribution in [0.1, 0.15) is 89.9 Å². The van der Waals surface area contributed by atoms with Crippen LogP contribution in [0, 0.1) is 5.92 Å². The Morgan fingerprint density at radius 1 is 0.380 bits per heavy atom. The molecule has 4 aromatic carbocycles. The van der Waals surface area contributed by atoms with Crippen LogP contribution in [0.4, 0.5) is 87.9 Å². The van der Waals surface area contributed by atoms with Crippen molar-refractivity contribution in [2.24, 2.45) is 5.92 Å². The van der Waals surface area contributed by atoms with Crippen molar-refractivity contribution < 1.29 is 91.2 Å². The number of aromatic nitrogens is 4. The second-order valence-corrected chi connectivity index (χ2v) is 46.6. The number of carbonyl (C=O) groups excluding carboxylic acids is 12. The average molecular weight is 2230 g/mol. The summed E-state index contributed by atoms with van der Waals surface area (Å²) >= 11 is 29.6. The first-order valence-corrected chi connectivity index (χ1v) is 53.4. The maximum Gasteiger partial charge on any atom is 0.333 e. The Kier molecular flexibility index (Phi) is 32.9. The van der Waals surface area contributed by atoms with Crippen LogP contribution in [0.15, 0.2) is 210 Å². The second-order valence-electron chi connectivity index (χ2n) is 31.3. The molecule has 12 N–H and O–H groups in total. The van der Waals surface area contributed by atoms with Gasteiger partial charge in [0.2, 0.25) is 23.6 Å². The molecule has 12 heterocycles. The molecule has 0 bridgehead atoms. The second kappa shape index (κ2) is 44.8. The zero-order chi connectivity index (χ0) is 102. The van der Waals surface area contributed by atoms with Crippen molar-refractivity contribution in [3.05, 3.63) is 255 Å². The topological polar surface area (TPSA) is 554 Å². The molecular formula is C88H78BrCl4N21O20S8. The summed E-state index contributed by atoms with van der Waals surface area (Å²) in [5.41, 5.74) is 8.07. The summed E-state index contributed by atoms with van der Waals surface area (Å²) in [6.45, 7) is 5.25. The first kappa shape index (κ1) is 104. The summed E-state index contributed by atoms with van der Waals surface area (Å²) in [7, 11) is -10.7. The number of fused-ring (bicyclic) bond motifs is 4. The van der Waals surface area contributed by atoms with E-state index in [0.29, 0.717) is 54.9 Å². The van der Waals surface area contributed by atoms with E-state index in [0.717, 1.165) is 120 Å². The number of sulfonamides is 4. The minimum Gasteiger partial charge on any atom is -0.387 e. The van der Waals surface area contributed by atoms with Crippen LogP contribution < -0.4 is 81.0 Å². The fourth-order valence-electron chi connectivity index (χ4n) is 13.9. The summed E-state index contributed by atoms with van der Waals surface area (Å²) in [5.74, 6) is -2.71. The molecule has 0 spiro atoms. The Labute approximate surface area is 854 Å². The predicted molar refractivity (Wildman–Crippen MR) is 544 cm³/mol. The molecule has 0 radical (unpaired) electrons. The molecule has 738 valence electrons. The van der Waals surface area contributed by atoms with Crippen molar-refractivity contribution >= 4 is 288 Å². The van der Waals surface area contributed by atoms with Gasteiger partial charge in [0.25, 0.3) is 63.7 Å². The third-order valence-electron chi connectivity index (χ3n) is 20.7. The number of urea groups is 4. The van der Waals surface area contributed by atoms with Crippen LogP contribution in [-0.2, 0) is 85.0 Å². The number of nitrogens with one attached hydrogen (secondary N) is 12. The molecule has 4 aliphatic heterocycles. The molecule has 5 aliphatic rings. The summed E-state index contributed by atoms with van der Waals surface area (Å²) in [4.78, 5) is 174. The van der Waals surface area contributed by atoms with Gasteiger partial charge in [-0.25, -0.2) is 111 Å². The molecule has 16 amide bonds.